The van der Waals surface area contributed by atoms with E-state index in [0.717, 1.165) is 12.4 Å². The monoisotopic (exact) mass is 136 g/mol. The molecule has 10 heavy (non-hydrogen) atoms. The van der Waals surface area contributed by atoms with Crippen LogP contribution in [0.25, 0.3) is 0 Å². The van der Waals surface area contributed by atoms with E-state index >= 15 is 0 Å². The van der Waals surface area contributed by atoms with E-state index in [2.05, 4.69) is 10.4 Å². The van der Waals surface area contributed by atoms with Crippen molar-refractivity contribution in [3.05, 3.63) is 24.0 Å². The molecular formula is C6H8N4. The molecule has 0 aliphatic carbocycles. The van der Waals surface area contributed by atoms with E-state index in [0.29, 0.717) is 5.96 Å². The van der Waals surface area contributed by atoms with Gasteiger partial charge in [-0.2, -0.15) is 0 Å². The third kappa shape index (κ3) is 0.655. The molecule has 0 unspecified atom stereocenters. The van der Waals surface area contributed by atoms with E-state index in [1.165, 1.54) is 0 Å². The molecule has 2 heterocycles. The Bertz CT molecular complexity index is 238. The number of fused-ring (bicyclic) bond motifs is 1. The largest absolute Gasteiger partial charge is 0.368 e. The van der Waals surface area contributed by atoms with Crippen molar-refractivity contribution in [1.82, 2.24) is 10.3 Å². The highest BCUT2D eigenvalue weighted by Crippen LogP contribution is 2.10. The van der Waals surface area contributed by atoms with Crippen molar-refractivity contribution in [2.45, 2.75) is 0 Å². The molecule has 0 spiro atoms. The highest BCUT2D eigenvalue weighted by molar-refractivity contribution is 5.81. The Balaban J connectivity index is 2.28. The van der Waals surface area contributed by atoms with Crippen LogP contribution in [0.2, 0.25) is 0 Å². The highest BCUT2D eigenvalue weighted by Gasteiger charge is 2.16. The topological polar surface area (TPSA) is 53.6 Å². The number of nitrogens with zero attached hydrogens (tertiary/aromatic N) is 2. The van der Waals surface area contributed by atoms with Gasteiger partial charge in [0.2, 0.25) is 5.96 Å². The Hall–Kier alpha value is -1.45. The minimum absolute atomic E-state index is 0.468. The van der Waals surface area contributed by atoms with E-state index < -0.39 is 0 Å². The molecule has 0 aromatic heterocycles. The lowest BCUT2D eigenvalue weighted by molar-refractivity contribution is 0.409. The number of nitrogens with one attached hydrogen (secondary N) is 1. The molecule has 0 saturated heterocycles. The van der Waals surface area contributed by atoms with Gasteiger partial charge in [-0.15, -0.1) is 5.10 Å². The van der Waals surface area contributed by atoms with Crippen LogP contribution in [-0.2, 0) is 0 Å². The van der Waals surface area contributed by atoms with Gasteiger partial charge < -0.3 is 11.1 Å². The molecule has 0 radical (unpaired) electrons. The fourth-order valence-corrected chi connectivity index (χ4v) is 0.991. The Morgan fingerprint density at radius 1 is 1.70 bits per heavy atom. The van der Waals surface area contributed by atoms with Gasteiger partial charge in [0, 0.05) is 0 Å². The van der Waals surface area contributed by atoms with Crippen LogP contribution in [0.1, 0.15) is 0 Å². The summed E-state index contributed by atoms with van der Waals surface area (Å²) in [5.74, 6) is 1.43. The number of hydrogen-bond acceptors (Lipinski definition) is 4. The summed E-state index contributed by atoms with van der Waals surface area (Å²) in [7, 11) is 0. The van der Waals surface area contributed by atoms with Gasteiger partial charge in [-0.05, 0) is 6.08 Å². The van der Waals surface area contributed by atoms with Gasteiger partial charge in [0.1, 0.15) is 5.82 Å². The van der Waals surface area contributed by atoms with E-state index in [9.17, 15) is 0 Å². The first-order valence-corrected chi connectivity index (χ1v) is 3.12. The quantitative estimate of drug-likeness (QED) is 0.473. The number of rotatable bonds is 0. The zero-order valence-electron chi connectivity index (χ0n) is 5.41. The summed E-state index contributed by atoms with van der Waals surface area (Å²) < 4.78 is 0. The van der Waals surface area contributed by atoms with Gasteiger partial charge in [-0.25, -0.2) is 5.01 Å². The molecule has 3 N–H and O–H groups in total. The lowest BCUT2D eigenvalue weighted by Crippen LogP contribution is -2.27. The van der Waals surface area contributed by atoms with Crippen LogP contribution < -0.4 is 11.1 Å². The second-order valence-corrected chi connectivity index (χ2v) is 2.17. The molecular weight excluding hydrogens is 128 g/mol. The van der Waals surface area contributed by atoms with Gasteiger partial charge in [-0.1, -0.05) is 12.2 Å². The maximum Gasteiger partial charge on any atom is 0.217 e. The van der Waals surface area contributed by atoms with Crippen molar-refractivity contribution < 1.29 is 0 Å². The first-order valence-electron chi connectivity index (χ1n) is 3.12. The summed E-state index contributed by atoms with van der Waals surface area (Å²) in [5.41, 5.74) is 5.42. The Morgan fingerprint density at radius 2 is 2.60 bits per heavy atom. The number of allylic oxidation sites excluding steroid dienone is 2. The fourth-order valence-electron chi connectivity index (χ4n) is 0.991. The van der Waals surface area contributed by atoms with Crippen LogP contribution in [-0.4, -0.2) is 17.5 Å². The summed E-state index contributed by atoms with van der Waals surface area (Å²) >= 11 is 0. The van der Waals surface area contributed by atoms with Crippen molar-refractivity contribution in [3.63, 3.8) is 0 Å². The molecule has 0 aromatic rings. The number of hydrazone groups is 1. The van der Waals surface area contributed by atoms with E-state index in [-0.39, 0.29) is 0 Å². The van der Waals surface area contributed by atoms with Gasteiger partial charge in [0.15, 0.2) is 0 Å². The van der Waals surface area contributed by atoms with Crippen molar-refractivity contribution in [3.8, 4) is 0 Å². The minimum atomic E-state index is 0.468. The van der Waals surface area contributed by atoms with Crippen molar-refractivity contribution in [1.29, 1.82) is 0 Å². The molecule has 2 aliphatic rings. The summed E-state index contributed by atoms with van der Waals surface area (Å²) in [6.45, 7) is 0.805. The molecule has 4 nitrogen and oxygen atoms in total. The highest BCUT2D eigenvalue weighted by atomic mass is 15.6. The Kier molecular flexibility index (Phi) is 0.943. The SMILES string of the molecule is NC1=NN2CC=CC=C2N1. The number of guanidine groups is 1. The summed E-state index contributed by atoms with van der Waals surface area (Å²) in [5, 5.41) is 8.74. The first-order chi connectivity index (χ1) is 4.86. The predicted molar refractivity (Wildman–Crippen MR) is 38.7 cm³/mol. The maximum atomic E-state index is 5.42. The number of hydrogen-bond donors (Lipinski definition) is 2. The van der Waals surface area contributed by atoms with Crippen LogP contribution in [0.3, 0.4) is 0 Å². The zero-order valence-corrected chi connectivity index (χ0v) is 5.41. The van der Waals surface area contributed by atoms with Crippen molar-refractivity contribution >= 4 is 5.96 Å². The van der Waals surface area contributed by atoms with Crippen molar-refractivity contribution in [2.24, 2.45) is 10.8 Å². The van der Waals surface area contributed by atoms with Crippen molar-refractivity contribution in [2.75, 3.05) is 6.54 Å². The average molecular weight is 136 g/mol. The van der Waals surface area contributed by atoms with Crippen LogP contribution in [0.5, 0.6) is 0 Å². The molecule has 52 valence electrons. The van der Waals surface area contributed by atoms with Crippen LogP contribution in [0.4, 0.5) is 0 Å². The number of nitrogens with two attached hydrogens (primary N) is 1. The van der Waals surface area contributed by atoms with E-state index in [4.69, 9.17) is 5.73 Å². The summed E-state index contributed by atoms with van der Waals surface area (Å²) in [6.07, 6.45) is 5.94. The van der Waals surface area contributed by atoms with Crippen LogP contribution >= 0.6 is 0 Å². The lowest BCUT2D eigenvalue weighted by Gasteiger charge is -2.14. The lowest BCUT2D eigenvalue weighted by atomic mass is 10.3. The maximum absolute atomic E-state index is 5.42. The first kappa shape index (κ1) is 5.34. The molecule has 0 aromatic carbocycles. The molecule has 0 bridgehead atoms. The summed E-state index contributed by atoms with van der Waals surface area (Å²) in [6, 6.07) is 0. The molecule has 0 atom stereocenters. The predicted octanol–water partition coefficient (Wildman–Crippen LogP) is -0.467. The average Bonchev–Trinajstić information content (AvgIpc) is 2.27. The second kappa shape index (κ2) is 1.76. The molecule has 2 aliphatic heterocycles. The molecule has 0 amide bonds. The zero-order chi connectivity index (χ0) is 6.97. The Labute approximate surface area is 58.7 Å². The molecule has 2 rings (SSSR count). The van der Waals surface area contributed by atoms with E-state index in [1.54, 1.807) is 0 Å². The third-order valence-corrected chi connectivity index (χ3v) is 1.43. The van der Waals surface area contributed by atoms with Crippen LogP contribution in [0, 0.1) is 0 Å². The minimum Gasteiger partial charge on any atom is -0.368 e. The van der Waals surface area contributed by atoms with E-state index in [1.807, 2.05) is 23.2 Å². The standard InChI is InChI=1S/C6H8N4/c7-6-8-5-3-1-2-4-10(5)9-6/h1-3H,4H2,(H3,7,8,9). The van der Waals surface area contributed by atoms with Gasteiger partial charge in [0.05, 0.1) is 6.54 Å². The Morgan fingerprint density at radius 3 is 3.40 bits per heavy atom. The normalized spacial score (nSPS) is 21.4. The molecule has 0 saturated carbocycles. The fraction of sp³-hybridized carbons (Fsp3) is 0.167. The second-order valence-electron chi connectivity index (χ2n) is 2.17. The third-order valence-electron chi connectivity index (χ3n) is 1.43. The summed E-state index contributed by atoms with van der Waals surface area (Å²) in [4.78, 5) is 0. The van der Waals surface area contributed by atoms with Crippen LogP contribution in [0.15, 0.2) is 29.2 Å². The van der Waals surface area contributed by atoms with Gasteiger partial charge in [-0.3, -0.25) is 0 Å². The molecule has 4 heteroatoms. The molecule has 0 fully saturated rings. The van der Waals surface area contributed by atoms with Gasteiger partial charge in [0.25, 0.3) is 0 Å². The smallest absolute Gasteiger partial charge is 0.217 e. The van der Waals surface area contributed by atoms with Gasteiger partial charge >= 0.3 is 0 Å².